The normalized spacial score (nSPS) is 15.5. The van der Waals surface area contributed by atoms with Crippen LogP contribution in [0, 0.1) is 0 Å². The average molecular weight is 198 g/mol. The van der Waals surface area contributed by atoms with Crippen LogP contribution in [0.4, 0.5) is 0 Å². The Labute approximate surface area is 83.9 Å². The molecule has 5 nitrogen and oxygen atoms in total. The summed E-state index contributed by atoms with van der Waals surface area (Å²) in [5, 5.41) is 17.4. The van der Waals surface area contributed by atoms with Gasteiger partial charge < -0.3 is 10.8 Å². The van der Waals surface area contributed by atoms with Crippen LogP contribution in [0.1, 0.15) is 38.2 Å². The van der Waals surface area contributed by atoms with Gasteiger partial charge in [0.1, 0.15) is 0 Å². The molecule has 0 fully saturated rings. The number of nitrogens with two attached hydrogens (primary N) is 1. The van der Waals surface area contributed by atoms with Gasteiger partial charge in [0.15, 0.2) is 0 Å². The molecule has 1 aromatic heterocycles. The lowest BCUT2D eigenvalue weighted by molar-refractivity contribution is 0.129. The smallest absolute Gasteiger partial charge is 0.0994 e. The summed E-state index contributed by atoms with van der Waals surface area (Å²) in [7, 11) is 0. The lowest BCUT2D eigenvalue weighted by Crippen LogP contribution is -2.21. The van der Waals surface area contributed by atoms with Crippen molar-refractivity contribution in [3.8, 4) is 0 Å². The van der Waals surface area contributed by atoms with E-state index in [1.807, 2.05) is 13.8 Å². The Kier molecular flexibility index (Phi) is 3.60. The van der Waals surface area contributed by atoms with Crippen LogP contribution in [-0.4, -0.2) is 26.2 Å². The Hall–Kier alpha value is -0.940. The zero-order chi connectivity index (χ0) is 10.7. The second-order valence-electron chi connectivity index (χ2n) is 3.47. The van der Waals surface area contributed by atoms with Gasteiger partial charge in [-0.2, -0.15) is 0 Å². The molecule has 0 aromatic carbocycles. The van der Waals surface area contributed by atoms with Crippen LogP contribution < -0.4 is 5.73 Å². The number of hydrogen-bond acceptors (Lipinski definition) is 4. The second kappa shape index (κ2) is 4.52. The summed E-state index contributed by atoms with van der Waals surface area (Å²) in [5.74, 6) is 0. The third-order valence-electron chi connectivity index (χ3n) is 2.48. The molecular weight excluding hydrogens is 180 g/mol. The maximum Gasteiger partial charge on any atom is 0.0994 e. The van der Waals surface area contributed by atoms with E-state index >= 15 is 0 Å². The van der Waals surface area contributed by atoms with Gasteiger partial charge in [-0.25, -0.2) is 4.68 Å². The molecule has 1 heterocycles. The van der Waals surface area contributed by atoms with E-state index in [4.69, 9.17) is 5.73 Å². The maximum absolute atomic E-state index is 9.46. The van der Waals surface area contributed by atoms with Gasteiger partial charge in [0.25, 0.3) is 0 Å². The molecule has 1 aromatic rings. The highest BCUT2D eigenvalue weighted by Crippen LogP contribution is 2.15. The van der Waals surface area contributed by atoms with E-state index in [1.165, 1.54) is 0 Å². The second-order valence-corrected chi connectivity index (χ2v) is 3.47. The van der Waals surface area contributed by atoms with Crippen LogP contribution in [0.3, 0.4) is 0 Å². The van der Waals surface area contributed by atoms with Gasteiger partial charge in [-0.05, 0) is 20.3 Å². The minimum Gasteiger partial charge on any atom is -0.391 e. The van der Waals surface area contributed by atoms with Crippen LogP contribution in [0.2, 0.25) is 0 Å². The van der Waals surface area contributed by atoms with Crippen LogP contribution in [-0.2, 0) is 13.0 Å². The first kappa shape index (κ1) is 11.1. The van der Waals surface area contributed by atoms with E-state index in [0.717, 1.165) is 17.8 Å². The Balaban J connectivity index is 3.02. The summed E-state index contributed by atoms with van der Waals surface area (Å²) in [6, 6.07) is -0.0576. The fourth-order valence-electron chi connectivity index (χ4n) is 1.40. The Morgan fingerprint density at radius 2 is 2.14 bits per heavy atom. The molecule has 5 heteroatoms. The van der Waals surface area contributed by atoms with E-state index in [0.29, 0.717) is 6.54 Å². The fourth-order valence-corrected chi connectivity index (χ4v) is 1.40. The van der Waals surface area contributed by atoms with Crippen molar-refractivity contribution < 1.29 is 5.11 Å². The molecule has 0 radical (unpaired) electrons. The summed E-state index contributed by atoms with van der Waals surface area (Å²) in [4.78, 5) is 0. The van der Waals surface area contributed by atoms with E-state index in [2.05, 4.69) is 10.3 Å². The van der Waals surface area contributed by atoms with E-state index < -0.39 is 6.10 Å². The highest BCUT2D eigenvalue weighted by Gasteiger charge is 2.18. The van der Waals surface area contributed by atoms with Crippen molar-refractivity contribution in [2.75, 3.05) is 0 Å². The summed E-state index contributed by atoms with van der Waals surface area (Å²) >= 11 is 0. The van der Waals surface area contributed by atoms with Crippen LogP contribution in [0.15, 0.2) is 0 Å². The van der Waals surface area contributed by atoms with Crippen LogP contribution in [0.5, 0.6) is 0 Å². The fraction of sp³-hybridized carbons (Fsp3) is 0.778. The summed E-state index contributed by atoms with van der Waals surface area (Å²) in [6.45, 7) is 6.09. The molecule has 0 saturated carbocycles. The standard InChI is InChI=1S/C9H18N4O/c1-4-9-8(5-10)11-12-13(9)6(2)7(3)14/h6-7,14H,4-5,10H2,1-3H3. The highest BCUT2D eigenvalue weighted by molar-refractivity contribution is 5.10. The molecule has 0 amide bonds. The zero-order valence-electron chi connectivity index (χ0n) is 8.94. The van der Waals surface area contributed by atoms with Crippen LogP contribution >= 0.6 is 0 Å². The predicted octanol–water partition coefficient (Wildman–Crippen LogP) is 0.241. The Morgan fingerprint density at radius 3 is 2.57 bits per heavy atom. The van der Waals surface area contributed by atoms with E-state index in [-0.39, 0.29) is 6.04 Å². The largest absolute Gasteiger partial charge is 0.391 e. The predicted molar refractivity (Wildman–Crippen MR) is 53.7 cm³/mol. The molecule has 0 bridgehead atoms. The molecule has 0 aliphatic rings. The molecule has 1 rings (SSSR count). The minimum absolute atomic E-state index is 0.0576. The van der Waals surface area contributed by atoms with Crippen molar-refractivity contribution >= 4 is 0 Å². The molecule has 2 unspecified atom stereocenters. The van der Waals surface area contributed by atoms with Crippen molar-refractivity contribution in [2.45, 2.75) is 45.9 Å². The van der Waals surface area contributed by atoms with Crippen molar-refractivity contribution in [2.24, 2.45) is 5.73 Å². The van der Waals surface area contributed by atoms with Gasteiger partial charge in [0, 0.05) is 6.54 Å². The zero-order valence-corrected chi connectivity index (χ0v) is 8.94. The lowest BCUT2D eigenvalue weighted by atomic mass is 10.2. The first-order valence-corrected chi connectivity index (χ1v) is 4.92. The number of aliphatic hydroxyl groups is 1. The Bertz CT molecular complexity index is 295. The summed E-state index contributed by atoms with van der Waals surface area (Å²) in [6.07, 6.45) is 0.393. The van der Waals surface area contributed by atoms with Gasteiger partial charge in [-0.3, -0.25) is 0 Å². The summed E-state index contributed by atoms with van der Waals surface area (Å²) < 4.78 is 1.76. The van der Waals surface area contributed by atoms with Gasteiger partial charge in [-0.1, -0.05) is 12.1 Å². The first-order valence-electron chi connectivity index (χ1n) is 4.92. The molecule has 80 valence electrons. The SMILES string of the molecule is CCc1c(CN)nnn1C(C)C(C)O. The van der Waals surface area contributed by atoms with Gasteiger partial charge in [-0.15, -0.1) is 5.10 Å². The number of hydrogen-bond donors (Lipinski definition) is 2. The molecule has 0 aliphatic heterocycles. The molecule has 3 N–H and O–H groups in total. The Morgan fingerprint density at radius 1 is 1.50 bits per heavy atom. The molecular formula is C9H18N4O. The van der Waals surface area contributed by atoms with E-state index in [1.54, 1.807) is 11.6 Å². The molecule has 0 saturated heterocycles. The molecule has 2 atom stereocenters. The van der Waals surface area contributed by atoms with Crippen molar-refractivity contribution in [3.05, 3.63) is 11.4 Å². The van der Waals surface area contributed by atoms with Crippen molar-refractivity contribution in [1.82, 2.24) is 15.0 Å². The molecule has 0 spiro atoms. The number of aliphatic hydroxyl groups excluding tert-OH is 1. The molecule has 14 heavy (non-hydrogen) atoms. The number of rotatable bonds is 4. The lowest BCUT2D eigenvalue weighted by Gasteiger charge is -2.16. The first-order chi connectivity index (χ1) is 6.61. The third-order valence-corrected chi connectivity index (χ3v) is 2.48. The molecule has 0 aliphatic carbocycles. The van der Waals surface area contributed by atoms with Crippen molar-refractivity contribution in [3.63, 3.8) is 0 Å². The number of aromatic nitrogens is 3. The van der Waals surface area contributed by atoms with Crippen molar-refractivity contribution in [1.29, 1.82) is 0 Å². The van der Waals surface area contributed by atoms with Gasteiger partial charge >= 0.3 is 0 Å². The quantitative estimate of drug-likeness (QED) is 0.726. The topological polar surface area (TPSA) is 77.0 Å². The monoisotopic (exact) mass is 198 g/mol. The minimum atomic E-state index is -0.437. The van der Waals surface area contributed by atoms with E-state index in [9.17, 15) is 5.11 Å². The number of nitrogens with zero attached hydrogens (tertiary/aromatic N) is 3. The highest BCUT2D eigenvalue weighted by atomic mass is 16.3. The summed E-state index contributed by atoms with van der Waals surface area (Å²) in [5.41, 5.74) is 7.37. The maximum atomic E-state index is 9.46. The van der Waals surface area contributed by atoms with Crippen LogP contribution in [0.25, 0.3) is 0 Å². The van der Waals surface area contributed by atoms with Gasteiger partial charge in [0.2, 0.25) is 0 Å². The van der Waals surface area contributed by atoms with Gasteiger partial charge in [0.05, 0.1) is 23.5 Å². The average Bonchev–Trinajstić information content (AvgIpc) is 2.58. The third kappa shape index (κ3) is 1.93.